The molecule has 44 heavy (non-hydrogen) atoms. The van der Waals surface area contributed by atoms with Crippen LogP contribution < -0.4 is 10.7 Å². The largest absolute Gasteiger partial charge is 0.449 e. The Balaban J connectivity index is 1.14. The molecule has 3 heterocycles. The van der Waals surface area contributed by atoms with Crippen LogP contribution in [0.15, 0.2) is 70.4 Å². The number of benzene rings is 2. The molecule has 1 aliphatic heterocycles. The zero-order chi connectivity index (χ0) is 30.5. The van der Waals surface area contributed by atoms with E-state index in [1.165, 1.54) is 38.2 Å². The summed E-state index contributed by atoms with van der Waals surface area (Å²) in [6, 6.07) is 13.8. The highest BCUT2D eigenvalue weighted by Gasteiger charge is 2.42. The van der Waals surface area contributed by atoms with E-state index in [0.29, 0.717) is 21.9 Å². The van der Waals surface area contributed by atoms with Crippen LogP contribution in [0.1, 0.15) is 67.5 Å². The van der Waals surface area contributed by atoms with Crippen molar-refractivity contribution in [3.05, 3.63) is 92.8 Å². The molecule has 232 valence electrons. The molecule has 1 saturated carbocycles. The fourth-order valence-corrected chi connectivity index (χ4v) is 7.59. The number of fused-ring (bicyclic) bond motifs is 1. The summed E-state index contributed by atoms with van der Waals surface area (Å²) < 4.78 is 7.86. The van der Waals surface area contributed by atoms with E-state index in [-0.39, 0.29) is 28.2 Å². The number of piperidine rings is 1. The fourth-order valence-electron chi connectivity index (χ4n) is 7.25. The highest BCUT2D eigenvalue weighted by Crippen LogP contribution is 2.47. The molecule has 0 spiro atoms. The summed E-state index contributed by atoms with van der Waals surface area (Å²) in [5, 5.41) is 8.93. The van der Waals surface area contributed by atoms with Gasteiger partial charge in [-0.25, -0.2) is 4.98 Å². The molecule has 1 atom stereocenters. The number of nitrogens with one attached hydrogen (secondary N) is 1. The fraction of sp³-hybridized carbons (Fsp3) is 0.471. The van der Waals surface area contributed by atoms with E-state index in [0.717, 1.165) is 56.9 Å². The Morgan fingerprint density at radius 1 is 1.07 bits per heavy atom. The van der Waals surface area contributed by atoms with Crippen LogP contribution in [-0.2, 0) is 13.0 Å². The molecule has 4 aromatic rings. The number of carbonyl (C=O) groups excluding carboxylic acids is 1. The number of amides is 1. The maximum Gasteiger partial charge on any atom is 0.287 e. The number of hydrogen-bond donors (Lipinski definition) is 1. The van der Waals surface area contributed by atoms with Crippen molar-refractivity contribution in [3.8, 4) is 0 Å². The number of likely N-dealkylation sites (tertiary alicyclic amines) is 1. The van der Waals surface area contributed by atoms with Gasteiger partial charge in [0.05, 0.1) is 10.4 Å². The Morgan fingerprint density at radius 2 is 1.84 bits per heavy atom. The molecular formula is C34H39Cl2N5O3. The Morgan fingerprint density at radius 3 is 2.57 bits per heavy atom. The van der Waals surface area contributed by atoms with Crippen molar-refractivity contribution in [2.24, 2.45) is 11.3 Å². The van der Waals surface area contributed by atoms with Gasteiger partial charge in [-0.05, 0) is 92.8 Å². The first-order valence-electron chi connectivity index (χ1n) is 15.7. The standard InChI is InChI=1S/C34H39Cl2N5O3/c35-26-11-9-24(10-12-26)19-27(39-33(43)31-20-30(42)28-7-4-8-29(36)32(28)44-31)13-16-40-17-14-34(15-18-40,21-41-23-37-22-38-41)25-5-2-1-3-6-25/h4,7-12,20,22-23,25,27H,1-3,5-6,13-19,21H2,(H,39,43)/t27-/m1/s1. The molecule has 2 aromatic carbocycles. The number of hydrogen-bond acceptors (Lipinski definition) is 6. The van der Waals surface area contributed by atoms with Gasteiger partial charge in [0.2, 0.25) is 0 Å². The Labute approximate surface area is 267 Å². The van der Waals surface area contributed by atoms with E-state index in [4.69, 9.17) is 27.6 Å². The van der Waals surface area contributed by atoms with Crippen LogP contribution in [0, 0.1) is 11.3 Å². The van der Waals surface area contributed by atoms with Gasteiger partial charge in [0.15, 0.2) is 16.8 Å². The summed E-state index contributed by atoms with van der Waals surface area (Å²) in [5.41, 5.74) is 1.25. The van der Waals surface area contributed by atoms with E-state index in [1.54, 1.807) is 24.5 Å². The van der Waals surface area contributed by atoms with Crippen molar-refractivity contribution in [1.29, 1.82) is 0 Å². The number of rotatable bonds is 10. The predicted molar refractivity (Wildman–Crippen MR) is 173 cm³/mol. The molecule has 2 aromatic heterocycles. The van der Waals surface area contributed by atoms with E-state index in [9.17, 15) is 9.59 Å². The van der Waals surface area contributed by atoms with Crippen molar-refractivity contribution < 1.29 is 9.21 Å². The predicted octanol–water partition coefficient (Wildman–Crippen LogP) is 6.79. The maximum atomic E-state index is 13.4. The van der Waals surface area contributed by atoms with Crippen LogP contribution in [0.2, 0.25) is 10.0 Å². The minimum Gasteiger partial charge on any atom is -0.449 e. The normalized spacial score (nSPS) is 18.3. The first-order valence-corrected chi connectivity index (χ1v) is 16.5. The van der Waals surface area contributed by atoms with Crippen LogP contribution >= 0.6 is 23.2 Å². The third-order valence-corrected chi connectivity index (χ3v) is 10.3. The second-order valence-corrected chi connectivity index (χ2v) is 13.4. The molecule has 1 N–H and O–H groups in total. The van der Waals surface area contributed by atoms with Crippen molar-refractivity contribution >= 4 is 40.1 Å². The maximum absolute atomic E-state index is 13.4. The minimum atomic E-state index is -0.425. The monoisotopic (exact) mass is 635 g/mol. The van der Waals surface area contributed by atoms with Crippen molar-refractivity contribution in [2.75, 3.05) is 19.6 Å². The lowest BCUT2D eigenvalue weighted by Crippen LogP contribution is -2.48. The van der Waals surface area contributed by atoms with E-state index in [2.05, 4.69) is 20.3 Å². The number of halogens is 2. The highest BCUT2D eigenvalue weighted by atomic mass is 35.5. The molecule has 0 radical (unpaired) electrons. The van der Waals surface area contributed by atoms with Gasteiger partial charge in [-0.15, -0.1) is 0 Å². The molecular weight excluding hydrogens is 597 g/mol. The minimum absolute atomic E-state index is 0.0416. The van der Waals surface area contributed by atoms with Crippen molar-refractivity contribution in [2.45, 2.75) is 70.4 Å². The number of para-hydroxylation sites is 1. The van der Waals surface area contributed by atoms with E-state index < -0.39 is 5.91 Å². The average molecular weight is 637 g/mol. The average Bonchev–Trinajstić information content (AvgIpc) is 3.55. The lowest BCUT2D eigenvalue weighted by atomic mass is 9.63. The molecule has 0 unspecified atom stereocenters. The Kier molecular flexibility index (Phi) is 9.69. The Bertz CT molecular complexity index is 1610. The number of carbonyl (C=O) groups is 1. The summed E-state index contributed by atoms with van der Waals surface area (Å²) >= 11 is 12.4. The van der Waals surface area contributed by atoms with Gasteiger partial charge in [-0.1, -0.05) is 60.7 Å². The summed E-state index contributed by atoms with van der Waals surface area (Å²) in [6.45, 7) is 3.83. The molecule has 8 nitrogen and oxygen atoms in total. The summed E-state index contributed by atoms with van der Waals surface area (Å²) in [6.07, 6.45) is 13.7. The van der Waals surface area contributed by atoms with Gasteiger partial charge in [0, 0.05) is 30.2 Å². The quantitative estimate of drug-likeness (QED) is 0.206. The zero-order valence-corrected chi connectivity index (χ0v) is 26.4. The zero-order valence-electron chi connectivity index (χ0n) is 24.9. The van der Waals surface area contributed by atoms with Crippen LogP contribution in [0.3, 0.4) is 0 Å². The first kappa shape index (κ1) is 30.8. The second-order valence-electron chi connectivity index (χ2n) is 12.5. The van der Waals surface area contributed by atoms with Gasteiger partial charge in [0.1, 0.15) is 12.7 Å². The van der Waals surface area contributed by atoms with Crippen LogP contribution in [-0.4, -0.2) is 51.2 Å². The topological polar surface area (TPSA) is 93.3 Å². The van der Waals surface area contributed by atoms with E-state index in [1.807, 2.05) is 35.3 Å². The van der Waals surface area contributed by atoms with Gasteiger partial charge >= 0.3 is 0 Å². The SMILES string of the molecule is O=C(N[C@H](CCN1CCC(Cn2cncn2)(C2CCCCC2)CC1)Cc1ccc(Cl)cc1)c1cc(=O)c2cccc(Cl)c2o1. The molecule has 2 aliphatic rings. The number of aromatic nitrogens is 3. The summed E-state index contributed by atoms with van der Waals surface area (Å²) in [5.74, 6) is 0.260. The van der Waals surface area contributed by atoms with Crippen LogP contribution in [0.25, 0.3) is 11.0 Å². The number of nitrogens with zero attached hydrogens (tertiary/aromatic N) is 4. The molecule has 1 saturated heterocycles. The van der Waals surface area contributed by atoms with Gasteiger partial charge in [-0.3, -0.25) is 14.3 Å². The smallest absolute Gasteiger partial charge is 0.287 e. The first-order chi connectivity index (χ1) is 21.4. The van der Waals surface area contributed by atoms with Gasteiger partial charge < -0.3 is 14.6 Å². The van der Waals surface area contributed by atoms with Crippen molar-refractivity contribution in [3.63, 3.8) is 0 Å². The highest BCUT2D eigenvalue weighted by molar-refractivity contribution is 6.34. The molecule has 6 rings (SSSR count). The third-order valence-electron chi connectivity index (χ3n) is 9.72. The van der Waals surface area contributed by atoms with E-state index >= 15 is 0 Å². The lowest BCUT2D eigenvalue weighted by molar-refractivity contribution is 0.0104. The Hall–Kier alpha value is -3.20. The summed E-state index contributed by atoms with van der Waals surface area (Å²) in [7, 11) is 0. The third kappa shape index (κ3) is 7.19. The van der Waals surface area contributed by atoms with Gasteiger partial charge in [0.25, 0.3) is 5.91 Å². The summed E-state index contributed by atoms with van der Waals surface area (Å²) in [4.78, 5) is 32.9. The van der Waals surface area contributed by atoms with Crippen molar-refractivity contribution in [1.82, 2.24) is 25.0 Å². The second kappa shape index (κ2) is 13.8. The molecule has 0 bridgehead atoms. The van der Waals surface area contributed by atoms with Crippen LogP contribution in [0.5, 0.6) is 0 Å². The van der Waals surface area contributed by atoms with Crippen LogP contribution in [0.4, 0.5) is 0 Å². The van der Waals surface area contributed by atoms with Gasteiger partial charge in [-0.2, -0.15) is 5.10 Å². The molecule has 1 aliphatic carbocycles. The molecule has 2 fully saturated rings. The lowest BCUT2D eigenvalue weighted by Gasteiger charge is -2.48. The molecule has 10 heteroatoms. The molecule has 1 amide bonds.